The number of hydrogen-bond acceptors (Lipinski definition) is 5. The van der Waals surface area contributed by atoms with Crippen LogP contribution in [0.5, 0.6) is 0 Å². The minimum atomic E-state index is -0.588. The number of amides is 2. The molecule has 0 aromatic carbocycles. The van der Waals surface area contributed by atoms with Crippen LogP contribution in [0.4, 0.5) is 9.59 Å². The molecule has 0 rings (SSSR count). The molecule has 27 heavy (non-hydrogen) atoms. The van der Waals surface area contributed by atoms with E-state index in [9.17, 15) is 9.59 Å². The molecule has 0 aliphatic heterocycles. The van der Waals surface area contributed by atoms with Crippen LogP contribution >= 0.6 is 0 Å². The second-order valence-electron chi connectivity index (χ2n) is 8.40. The Morgan fingerprint density at radius 2 is 1.70 bits per heavy atom. The van der Waals surface area contributed by atoms with Crippen molar-refractivity contribution < 1.29 is 19.1 Å². The Kier molecular flexibility index (Phi) is 10.6. The summed E-state index contributed by atoms with van der Waals surface area (Å²) in [5.41, 5.74) is 7.21. The van der Waals surface area contributed by atoms with E-state index in [0.29, 0.717) is 38.9 Å². The molecule has 0 heterocycles. The van der Waals surface area contributed by atoms with Gasteiger partial charge < -0.3 is 19.7 Å². The summed E-state index contributed by atoms with van der Waals surface area (Å²) < 4.78 is 10.7. The first-order valence-electron chi connectivity index (χ1n) is 9.33. The van der Waals surface area contributed by atoms with Gasteiger partial charge in [-0.2, -0.15) is 0 Å². The summed E-state index contributed by atoms with van der Waals surface area (Å²) in [6, 6.07) is -0.0738. The number of azide groups is 1. The molecule has 0 spiro atoms. The van der Waals surface area contributed by atoms with Crippen LogP contribution < -0.4 is 5.32 Å². The third-order valence-corrected chi connectivity index (χ3v) is 3.35. The van der Waals surface area contributed by atoms with E-state index in [-0.39, 0.29) is 6.04 Å². The summed E-state index contributed by atoms with van der Waals surface area (Å²) in [5, 5.41) is 6.20. The fraction of sp³-hybridized carbons (Fsp3) is 0.889. The van der Waals surface area contributed by atoms with Gasteiger partial charge in [0.15, 0.2) is 0 Å². The quantitative estimate of drug-likeness (QED) is 0.270. The van der Waals surface area contributed by atoms with Crippen molar-refractivity contribution in [2.45, 2.75) is 85.0 Å². The zero-order valence-corrected chi connectivity index (χ0v) is 17.7. The van der Waals surface area contributed by atoms with Gasteiger partial charge in [-0.15, -0.1) is 0 Å². The molecule has 9 heteroatoms. The molecule has 0 fully saturated rings. The van der Waals surface area contributed by atoms with Crippen molar-refractivity contribution in [3.05, 3.63) is 10.4 Å². The van der Waals surface area contributed by atoms with Crippen molar-refractivity contribution in [3.8, 4) is 0 Å². The molecule has 0 aliphatic rings. The van der Waals surface area contributed by atoms with Crippen molar-refractivity contribution in [1.82, 2.24) is 10.2 Å². The van der Waals surface area contributed by atoms with Gasteiger partial charge in [0, 0.05) is 30.6 Å². The fourth-order valence-electron chi connectivity index (χ4n) is 2.22. The molecule has 0 aromatic rings. The van der Waals surface area contributed by atoms with Crippen LogP contribution in [0.1, 0.15) is 67.7 Å². The van der Waals surface area contributed by atoms with E-state index in [1.165, 1.54) is 0 Å². The highest BCUT2D eigenvalue weighted by molar-refractivity contribution is 5.68. The van der Waals surface area contributed by atoms with E-state index in [1.807, 2.05) is 27.7 Å². The normalized spacial score (nSPS) is 12.6. The molecule has 0 aliphatic carbocycles. The summed E-state index contributed by atoms with van der Waals surface area (Å²) >= 11 is 0. The maximum Gasteiger partial charge on any atom is 0.410 e. The lowest BCUT2D eigenvalue weighted by Gasteiger charge is -2.32. The van der Waals surface area contributed by atoms with E-state index >= 15 is 0 Å². The lowest BCUT2D eigenvalue weighted by Crippen LogP contribution is -2.43. The predicted molar refractivity (Wildman–Crippen MR) is 105 cm³/mol. The van der Waals surface area contributed by atoms with Crippen LogP contribution in [-0.4, -0.2) is 54.0 Å². The molecular weight excluding hydrogens is 350 g/mol. The molecule has 0 saturated carbocycles. The van der Waals surface area contributed by atoms with E-state index < -0.39 is 23.4 Å². The summed E-state index contributed by atoms with van der Waals surface area (Å²) in [6.45, 7) is 14.0. The Morgan fingerprint density at radius 3 is 2.22 bits per heavy atom. The largest absolute Gasteiger partial charge is 0.444 e. The predicted octanol–water partition coefficient (Wildman–Crippen LogP) is 4.62. The molecule has 2 amide bonds. The molecule has 0 bridgehead atoms. The maximum atomic E-state index is 12.5. The summed E-state index contributed by atoms with van der Waals surface area (Å²) in [6.07, 6.45) is 1.07. The number of carbonyl (C=O) groups is 2. The first kappa shape index (κ1) is 24.8. The molecule has 0 aromatic heterocycles. The van der Waals surface area contributed by atoms with Crippen molar-refractivity contribution in [3.63, 3.8) is 0 Å². The van der Waals surface area contributed by atoms with Crippen LogP contribution in [0, 0.1) is 0 Å². The van der Waals surface area contributed by atoms with Gasteiger partial charge in [-0.25, -0.2) is 9.59 Å². The second kappa shape index (κ2) is 11.5. The van der Waals surface area contributed by atoms with Gasteiger partial charge in [-0.1, -0.05) is 5.11 Å². The average Bonchev–Trinajstić information content (AvgIpc) is 2.47. The van der Waals surface area contributed by atoms with Gasteiger partial charge >= 0.3 is 12.2 Å². The zero-order valence-electron chi connectivity index (χ0n) is 17.7. The van der Waals surface area contributed by atoms with Gasteiger partial charge in [-0.05, 0) is 73.3 Å². The molecule has 1 N–H and O–H groups in total. The molecule has 1 unspecified atom stereocenters. The van der Waals surface area contributed by atoms with Crippen LogP contribution in [0.15, 0.2) is 5.11 Å². The van der Waals surface area contributed by atoms with Crippen LogP contribution in [0.25, 0.3) is 10.4 Å². The van der Waals surface area contributed by atoms with Crippen molar-refractivity contribution in [2.24, 2.45) is 5.11 Å². The summed E-state index contributed by atoms with van der Waals surface area (Å²) in [5.74, 6) is 0. The Bertz CT molecular complexity index is 519. The summed E-state index contributed by atoms with van der Waals surface area (Å²) in [7, 11) is 0. The molecular formula is C18H35N5O4. The lowest BCUT2D eigenvalue weighted by atomic mass is 10.1. The van der Waals surface area contributed by atoms with Crippen LogP contribution in [0.3, 0.4) is 0 Å². The monoisotopic (exact) mass is 385 g/mol. The Morgan fingerprint density at radius 1 is 1.11 bits per heavy atom. The minimum absolute atomic E-state index is 0.0738. The molecule has 0 radical (unpaired) electrons. The highest BCUT2D eigenvalue weighted by atomic mass is 16.6. The smallest absolute Gasteiger partial charge is 0.410 e. The SMILES string of the molecule is CC(CCCN=[N+]=[N-])N(CCCNC(=O)OC(C)(C)C)C(=O)OC(C)(C)C. The molecule has 0 saturated heterocycles. The number of rotatable bonds is 9. The van der Waals surface area contributed by atoms with Crippen molar-refractivity contribution in [2.75, 3.05) is 19.6 Å². The van der Waals surface area contributed by atoms with Crippen LogP contribution in [-0.2, 0) is 9.47 Å². The van der Waals surface area contributed by atoms with Crippen LogP contribution in [0.2, 0.25) is 0 Å². The topological polar surface area (TPSA) is 117 Å². The number of carbonyl (C=O) groups excluding carboxylic acids is 2. The number of hydrogen-bond donors (Lipinski definition) is 1. The highest BCUT2D eigenvalue weighted by Crippen LogP contribution is 2.15. The van der Waals surface area contributed by atoms with E-state index in [1.54, 1.807) is 25.7 Å². The number of alkyl carbamates (subject to hydrolysis) is 1. The summed E-state index contributed by atoms with van der Waals surface area (Å²) in [4.78, 5) is 28.6. The molecule has 9 nitrogen and oxygen atoms in total. The second-order valence-corrected chi connectivity index (χ2v) is 8.40. The first-order chi connectivity index (χ1) is 12.4. The van der Waals surface area contributed by atoms with Crippen molar-refractivity contribution in [1.29, 1.82) is 0 Å². The number of nitrogens with zero attached hydrogens (tertiary/aromatic N) is 4. The Labute approximate surface area is 162 Å². The van der Waals surface area contributed by atoms with E-state index in [0.717, 1.165) is 0 Å². The first-order valence-corrected chi connectivity index (χ1v) is 9.33. The fourth-order valence-corrected chi connectivity index (χ4v) is 2.22. The maximum absolute atomic E-state index is 12.5. The number of ether oxygens (including phenoxy) is 2. The average molecular weight is 386 g/mol. The molecule has 156 valence electrons. The third-order valence-electron chi connectivity index (χ3n) is 3.35. The standard InChI is InChI=1S/C18H35N5O4/c1-14(10-8-12-21-22-19)23(16(25)27-18(5,6)7)13-9-11-20-15(24)26-17(2,3)4/h14H,8-13H2,1-7H3,(H,20,24). The third kappa shape index (κ3) is 13.7. The lowest BCUT2D eigenvalue weighted by molar-refractivity contribution is 0.0165. The van der Waals surface area contributed by atoms with E-state index in [2.05, 4.69) is 15.3 Å². The Hall–Kier alpha value is -2.15. The zero-order chi connectivity index (χ0) is 21.1. The van der Waals surface area contributed by atoms with Crippen molar-refractivity contribution >= 4 is 12.2 Å². The van der Waals surface area contributed by atoms with Gasteiger partial charge in [0.2, 0.25) is 0 Å². The minimum Gasteiger partial charge on any atom is -0.444 e. The highest BCUT2D eigenvalue weighted by Gasteiger charge is 2.25. The van der Waals surface area contributed by atoms with Gasteiger partial charge in [-0.3, -0.25) is 0 Å². The molecule has 1 atom stereocenters. The Balaban J connectivity index is 4.63. The number of nitrogens with one attached hydrogen (secondary N) is 1. The van der Waals surface area contributed by atoms with Gasteiger partial charge in [0.05, 0.1) is 0 Å². The van der Waals surface area contributed by atoms with E-state index in [4.69, 9.17) is 15.0 Å². The van der Waals surface area contributed by atoms with Gasteiger partial charge in [0.25, 0.3) is 0 Å². The van der Waals surface area contributed by atoms with Gasteiger partial charge in [0.1, 0.15) is 11.2 Å².